The lowest BCUT2D eigenvalue weighted by Crippen LogP contribution is -2.20. The number of halogens is 5. The zero-order valence-corrected chi connectivity index (χ0v) is 16.4. The zero-order chi connectivity index (χ0) is 21.0. The lowest BCUT2D eigenvalue weighted by molar-refractivity contribution is -0.137. The summed E-state index contributed by atoms with van der Waals surface area (Å²) in [6.45, 7) is 2.52. The highest BCUT2D eigenvalue weighted by molar-refractivity contribution is 5.65. The molecule has 0 saturated heterocycles. The van der Waals surface area contributed by atoms with Crippen molar-refractivity contribution in [1.29, 1.82) is 0 Å². The van der Waals surface area contributed by atoms with Crippen molar-refractivity contribution in [1.82, 2.24) is 0 Å². The van der Waals surface area contributed by atoms with E-state index in [0.717, 1.165) is 55.9 Å². The first kappa shape index (κ1) is 21.6. The zero-order valence-electron chi connectivity index (χ0n) is 16.4. The monoisotopic (exact) mass is 412 g/mol. The van der Waals surface area contributed by atoms with Gasteiger partial charge in [0.1, 0.15) is 0 Å². The Morgan fingerprint density at radius 2 is 1.48 bits per heavy atom. The average molecular weight is 412 g/mol. The molecule has 29 heavy (non-hydrogen) atoms. The van der Waals surface area contributed by atoms with E-state index in [0.29, 0.717) is 12.5 Å². The smallest absolute Gasteiger partial charge is 0.416 e. The molecule has 1 aliphatic carbocycles. The third-order valence-electron chi connectivity index (χ3n) is 5.71. The minimum Gasteiger partial charge on any atom is -0.490 e. The van der Waals surface area contributed by atoms with Crippen LogP contribution in [0.25, 0.3) is 11.1 Å². The van der Waals surface area contributed by atoms with E-state index in [1.807, 2.05) is 0 Å². The molecule has 158 valence electrons. The Bertz CT molecular complexity index is 805. The summed E-state index contributed by atoms with van der Waals surface area (Å²) in [4.78, 5) is 0. The Morgan fingerprint density at radius 1 is 0.862 bits per heavy atom. The van der Waals surface area contributed by atoms with Crippen molar-refractivity contribution in [3.8, 4) is 16.9 Å². The van der Waals surface area contributed by atoms with E-state index in [2.05, 4.69) is 6.92 Å². The number of hydrogen-bond donors (Lipinski definition) is 0. The van der Waals surface area contributed by atoms with Gasteiger partial charge in [-0.1, -0.05) is 44.7 Å². The van der Waals surface area contributed by atoms with Gasteiger partial charge in [-0.25, -0.2) is 4.39 Å². The van der Waals surface area contributed by atoms with Crippen molar-refractivity contribution in [2.24, 2.45) is 11.8 Å². The maximum atomic E-state index is 14.5. The molecule has 0 spiro atoms. The molecule has 3 rings (SSSR count). The van der Waals surface area contributed by atoms with Crippen LogP contribution in [0, 0.1) is 23.5 Å². The molecule has 0 amide bonds. The molecule has 0 unspecified atom stereocenters. The fraction of sp³-hybridized carbons (Fsp3) is 0.478. The van der Waals surface area contributed by atoms with Crippen molar-refractivity contribution in [2.75, 3.05) is 6.61 Å². The van der Waals surface area contributed by atoms with E-state index in [9.17, 15) is 22.0 Å². The van der Waals surface area contributed by atoms with Crippen molar-refractivity contribution < 1.29 is 26.7 Å². The van der Waals surface area contributed by atoms with Gasteiger partial charge >= 0.3 is 6.18 Å². The molecule has 0 N–H and O–H groups in total. The summed E-state index contributed by atoms with van der Waals surface area (Å²) in [6.07, 6.45) is 2.28. The van der Waals surface area contributed by atoms with E-state index in [1.54, 1.807) is 0 Å². The van der Waals surface area contributed by atoms with Crippen LogP contribution in [0.15, 0.2) is 36.4 Å². The number of hydrogen-bond acceptors (Lipinski definition) is 1. The van der Waals surface area contributed by atoms with Crippen molar-refractivity contribution in [3.05, 3.63) is 53.6 Å². The first-order valence-corrected chi connectivity index (χ1v) is 10.1. The van der Waals surface area contributed by atoms with E-state index in [4.69, 9.17) is 4.74 Å². The molecule has 0 radical (unpaired) electrons. The summed E-state index contributed by atoms with van der Waals surface area (Å²) in [5.41, 5.74) is -0.755. The highest BCUT2D eigenvalue weighted by atomic mass is 19.4. The highest BCUT2D eigenvalue weighted by Crippen LogP contribution is 2.35. The van der Waals surface area contributed by atoms with Gasteiger partial charge in [0.25, 0.3) is 0 Å². The average Bonchev–Trinajstić information content (AvgIpc) is 2.70. The van der Waals surface area contributed by atoms with Crippen molar-refractivity contribution in [3.63, 3.8) is 0 Å². The molecule has 0 aromatic heterocycles. The molecule has 0 bridgehead atoms. The predicted molar refractivity (Wildman–Crippen MR) is 103 cm³/mol. The van der Waals surface area contributed by atoms with Crippen LogP contribution in [-0.4, -0.2) is 6.61 Å². The number of ether oxygens (including phenoxy) is 1. The molecule has 2 aromatic carbocycles. The molecule has 0 heterocycles. The van der Waals surface area contributed by atoms with Crippen LogP contribution in [0.4, 0.5) is 22.0 Å². The Labute approximate surface area is 167 Å². The Hall–Kier alpha value is -2.11. The minimum absolute atomic E-state index is 0.0938. The lowest BCUT2D eigenvalue weighted by atomic mass is 9.80. The predicted octanol–water partition coefficient (Wildman–Crippen LogP) is 7.64. The standard InChI is InChI=1S/C23H25F5O/c1-2-3-15-4-6-16(7-5-15)14-29-20-13-12-19(21(24)22(20)25)17-8-10-18(11-9-17)23(26,27)28/h8-13,15-16H,2-7,14H2,1H3/t15-,16-. The first-order chi connectivity index (χ1) is 13.8. The van der Waals surface area contributed by atoms with Gasteiger partial charge in [-0.3, -0.25) is 0 Å². The van der Waals surface area contributed by atoms with Gasteiger partial charge in [0.05, 0.1) is 12.2 Å². The maximum Gasteiger partial charge on any atom is 0.416 e. The van der Waals surface area contributed by atoms with Crippen LogP contribution >= 0.6 is 0 Å². The van der Waals surface area contributed by atoms with Gasteiger partial charge in [0.15, 0.2) is 11.6 Å². The number of alkyl halides is 3. The van der Waals surface area contributed by atoms with E-state index in [-0.39, 0.29) is 16.9 Å². The van der Waals surface area contributed by atoms with Crippen LogP contribution < -0.4 is 4.74 Å². The molecule has 1 fully saturated rings. The normalized spacial score (nSPS) is 19.9. The molecule has 0 aliphatic heterocycles. The summed E-state index contributed by atoms with van der Waals surface area (Å²) in [6, 6.07) is 6.66. The van der Waals surface area contributed by atoms with Gasteiger partial charge in [-0.2, -0.15) is 17.6 Å². The molecule has 1 saturated carbocycles. The molecule has 0 atom stereocenters. The second-order valence-electron chi connectivity index (χ2n) is 7.80. The second-order valence-corrected chi connectivity index (χ2v) is 7.80. The topological polar surface area (TPSA) is 9.23 Å². The highest BCUT2D eigenvalue weighted by Gasteiger charge is 2.30. The summed E-state index contributed by atoms with van der Waals surface area (Å²) < 4.78 is 72.5. The third kappa shape index (κ3) is 5.28. The van der Waals surface area contributed by atoms with Gasteiger partial charge in [0, 0.05) is 5.56 Å². The van der Waals surface area contributed by atoms with E-state index in [1.165, 1.54) is 25.0 Å². The molecule has 6 heteroatoms. The fourth-order valence-corrected chi connectivity index (χ4v) is 4.01. The molecule has 2 aromatic rings. The minimum atomic E-state index is -4.48. The molecule has 1 nitrogen and oxygen atoms in total. The van der Waals surface area contributed by atoms with Crippen molar-refractivity contribution in [2.45, 2.75) is 51.6 Å². The molecular formula is C23H25F5O. The number of benzene rings is 2. The van der Waals surface area contributed by atoms with Gasteiger partial charge in [0.2, 0.25) is 5.82 Å². The van der Waals surface area contributed by atoms with Crippen LogP contribution in [-0.2, 0) is 6.18 Å². The van der Waals surface area contributed by atoms with Crippen molar-refractivity contribution >= 4 is 0 Å². The lowest BCUT2D eigenvalue weighted by Gasteiger charge is -2.28. The van der Waals surface area contributed by atoms with Gasteiger partial charge in [-0.05, 0) is 54.5 Å². The van der Waals surface area contributed by atoms with E-state index >= 15 is 0 Å². The Kier molecular flexibility index (Phi) is 6.81. The van der Waals surface area contributed by atoms with Crippen LogP contribution in [0.2, 0.25) is 0 Å². The summed E-state index contributed by atoms with van der Waals surface area (Å²) in [5, 5.41) is 0. The quantitative estimate of drug-likeness (QED) is 0.443. The summed E-state index contributed by atoms with van der Waals surface area (Å²) >= 11 is 0. The summed E-state index contributed by atoms with van der Waals surface area (Å²) in [7, 11) is 0. The van der Waals surface area contributed by atoms with Gasteiger partial charge < -0.3 is 4.74 Å². The van der Waals surface area contributed by atoms with Crippen LogP contribution in [0.1, 0.15) is 51.0 Å². The molecular weight excluding hydrogens is 387 g/mol. The maximum absolute atomic E-state index is 14.5. The molecule has 1 aliphatic rings. The van der Waals surface area contributed by atoms with Crippen LogP contribution in [0.5, 0.6) is 5.75 Å². The number of rotatable bonds is 6. The second kappa shape index (κ2) is 9.14. The van der Waals surface area contributed by atoms with E-state index < -0.39 is 23.4 Å². The third-order valence-corrected chi connectivity index (χ3v) is 5.71. The van der Waals surface area contributed by atoms with Gasteiger partial charge in [-0.15, -0.1) is 0 Å². The largest absolute Gasteiger partial charge is 0.490 e. The SMILES string of the molecule is CCC[C@H]1CC[C@H](COc2ccc(-c3ccc(C(F)(F)F)cc3)c(F)c2F)CC1. The Morgan fingerprint density at radius 3 is 2.07 bits per heavy atom. The fourth-order valence-electron chi connectivity index (χ4n) is 4.01. The summed E-state index contributed by atoms with van der Waals surface area (Å²) in [5.74, 6) is -1.29. The first-order valence-electron chi connectivity index (χ1n) is 10.1. The Balaban J connectivity index is 1.65. The van der Waals surface area contributed by atoms with Crippen LogP contribution in [0.3, 0.4) is 0 Å².